The molecule has 3 rings (SSSR count). The zero-order valence-electron chi connectivity index (χ0n) is 14.6. The van der Waals surface area contributed by atoms with Crippen LogP contribution in [0.4, 0.5) is 15.8 Å². The molecule has 0 spiro atoms. The Kier molecular flexibility index (Phi) is 5.29. The number of carbonyl (C=O) groups excluding carboxylic acids is 1. The topological polar surface area (TPSA) is 66.5 Å². The standard InChI is InChI=1S/C19H17FN2O3S2/c1-13-5-3-4-6-16(13)21-19(23)18-17(11-12-26-18)27(24,25)22(2)15-9-7-14(20)8-10-15/h3-12H,1-2H3,(H,21,23). The summed E-state index contributed by atoms with van der Waals surface area (Å²) in [5, 5.41) is 4.30. The van der Waals surface area contributed by atoms with E-state index in [1.165, 1.54) is 37.4 Å². The van der Waals surface area contributed by atoms with Crippen LogP contribution in [0.5, 0.6) is 0 Å². The molecule has 140 valence electrons. The van der Waals surface area contributed by atoms with Crippen molar-refractivity contribution in [2.75, 3.05) is 16.7 Å². The summed E-state index contributed by atoms with van der Waals surface area (Å²) in [5.41, 5.74) is 1.79. The number of anilines is 2. The van der Waals surface area contributed by atoms with Crippen molar-refractivity contribution in [2.24, 2.45) is 0 Å². The van der Waals surface area contributed by atoms with E-state index in [0.717, 1.165) is 21.2 Å². The molecule has 0 aliphatic carbocycles. The number of aryl methyl sites for hydroxylation is 1. The van der Waals surface area contributed by atoms with Crippen LogP contribution in [0.25, 0.3) is 0 Å². The van der Waals surface area contributed by atoms with Crippen LogP contribution >= 0.6 is 11.3 Å². The van der Waals surface area contributed by atoms with Gasteiger partial charge in [0.25, 0.3) is 15.9 Å². The molecule has 0 bridgehead atoms. The maximum atomic E-state index is 13.1. The summed E-state index contributed by atoms with van der Waals surface area (Å²) < 4.78 is 40.1. The first-order valence-corrected chi connectivity index (χ1v) is 10.3. The molecule has 0 radical (unpaired) electrons. The number of nitrogens with one attached hydrogen (secondary N) is 1. The zero-order valence-corrected chi connectivity index (χ0v) is 16.3. The number of hydrogen-bond acceptors (Lipinski definition) is 4. The Morgan fingerprint density at radius 2 is 1.74 bits per heavy atom. The van der Waals surface area contributed by atoms with E-state index in [2.05, 4.69) is 5.32 Å². The number of benzene rings is 2. The molecule has 5 nitrogen and oxygen atoms in total. The predicted octanol–water partition coefficient (Wildman–Crippen LogP) is 4.27. The van der Waals surface area contributed by atoms with Gasteiger partial charge in [-0.05, 0) is 54.3 Å². The van der Waals surface area contributed by atoms with Gasteiger partial charge in [-0.25, -0.2) is 12.8 Å². The minimum absolute atomic E-state index is 0.0900. The Balaban J connectivity index is 1.92. The van der Waals surface area contributed by atoms with Crippen molar-refractivity contribution >= 4 is 38.6 Å². The van der Waals surface area contributed by atoms with Crippen molar-refractivity contribution in [1.82, 2.24) is 0 Å². The number of carbonyl (C=O) groups is 1. The lowest BCUT2D eigenvalue weighted by Crippen LogP contribution is -2.28. The number of nitrogens with zero attached hydrogens (tertiary/aromatic N) is 1. The third kappa shape index (κ3) is 3.86. The Morgan fingerprint density at radius 1 is 1.07 bits per heavy atom. The summed E-state index contributed by atoms with van der Waals surface area (Å²) in [7, 11) is -2.61. The van der Waals surface area contributed by atoms with E-state index in [4.69, 9.17) is 0 Å². The van der Waals surface area contributed by atoms with Gasteiger partial charge in [0, 0.05) is 12.7 Å². The van der Waals surface area contributed by atoms with Crippen LogP contribution in [0.15, 0.2) is 64.9 Å². The van der Waals surface area contributed by atoms with E-state index in [1.54, 1.807) is 17.5 Å². The van der Waals surface area contributed by atoms with E-state index in [9.17, 15) is 17.6 Å². The lowest BCUT2D eigenvalue weighted by atomic mass is 10.2. The summed E-state index contributed by atoms with van der Waals surface area (Å²) in [6.07, 6.45) is 0. The molecular formula is C19H17FN2O3S2. The summed E-state index contributed by atoms with van der Waals surface area (Å²) in [6.45, 7) is 1.85. The Morgan fingerprint density at radius 3 is 2.41 bits per heavy atom. The van der Waals surface area contributed by atoms with Crippen LogP contribution in [0.2, 0.25) is 0 Å². The highest BCUT2D eigenvalue weighted by Gasteiger charge is 2.28. The molecule has 0 fully saturated rings. The van der Waals surface area contributed by atoms with E-state index in [1.807, 2.05) is 19.1 Å². The van der Waals surface area contributed by atoms with Crippen molar-refractivity contribution in [2.45, 2.75) is 11.8 Å². The fourth-order valence-corrected chi connectivity index (χ4v) is 4.99. The molecule has 0 aliphatic rings. The van der Waals surface area contributed by atoms with Crippen molar-refractivity contribution in [1.29, 1.82) is 0 Å². The number of rotatable bonds is 5. The largest absolute Gasteiger partial charge is 0.321 e. The molecule has 0 aliphatic heterocycles. The Labute approximate surface area is 161 Å². The normalized spacial score (nSPS) is 11.2. The van der Waals surface area contributed by atoms with Crippen LogP contribution in [0.3, 0.4) is 0 Å². The number of sulfonamides is 1. The second-order valence-corrected chi connectivity index (χ2v) is 8.69. The maximum absolute atomic E-state index is 13.1. The minimum atomic E-state index is -3.98. The molecule has 2 aromatic carbocycles. The van der Waals surface area contributed by atoms with Crippen LogP contribution in [-0.2, 0) is 10.0 Å². The summed E-state index contributed by atoms with van der Waals surface area (Å²) in [4.78, 5) is 12.7. The van der Waals surface area contributed by atoms with Gasteiger partial charge in [-0.3, -0.25) is 9.10 Å². The predicted molar refractivity (Wildman–Crippen MR) is 105 cm³/mol. The van der Waals surface area contributed by atoms with Crippen LogP contribution in [-0.4, -0.2) is 21.4 Å². The SMILES string of the molecule is Cc1ccccc1NC(=O)c1sccc1S(=O)(=O)N(C)c1ccc(F)cc1. The first-order chi connectivity index (χ1) is 12.8. The molecule has 8 heteroatoms. The van der Waals surface area contributed by atoms with Gasteiger partial charge < -0.3 is 5.32 Å². The van der Waals surface area contributed by atoms with E-state index in [-0.39, 0.29) is 9.77 Å². The van der Waals surface area contributed by atoms with Gasteiger partial charge >= 0.3 is 0 Å². The van der Waals surface area contributed by atoms with Crippen molar-refractivity contribution in [3.63, 3.8) is 0 Å². The van der Waals surface area contributed by atoms with Gasteiger partial charge in [-0.1, -0.05) is 18.2 Å². The Bertz CT molecular complexity index is 1080. The quantitative estimate of drug-likeness (QED) is 0.690. The van der Waals surface area contributed by atoms with Gasteiger partial charge in [-0.15, -0.1) is 11.3 Å². The summed E-state index contributed by atoms with van der Waals surface area (Å²) in [6, 6.07) is 13.7. The van der Waals surface area contributed by atoms with Gasteiger partial charge in [0.15, 0.2) is 0 Å². The number of para-hydroxylation sites is 1. The molecule has 1 heterocycles. The van der Waals surface area contributed by atoms with E-state index < -0.39 is 21.7 Å². The average Bonchev–Trinajstić information content (AvgIpc) is 3.14. The molecule has 1 amide bonds. The van der Waals surface area contributed by atoms with Gasteiger partial charge in [0.1, 0.15) is 15.6 Å². The molecule has 0 saturated heterocycles. The van der Waals surface area contributed by atoms with E-state index in [0.29, 0.717) is 11.4 Å². The number of amides is 1. The molecule has 0 saturated carbocycles. The number of thiophene rings is 1. The van der Waals surface area contributed by atoms with Gasteiger partial charge in [-0.2, -0.15) is 0 Å². The van der Waals surface area contributed by atoms with Gasteiger partial charge in [0.2, 0.25) is 0 Å². The average molecular weight is 404 g/mol. The zero-order chi connectivity index (χ0) is 19.6. The highest BCUT2D eigenvalue weighted by atomic mass is 32.2. The highest BCUT2D eigenvalue weighted by Crippen LogP contribution is 2.29. The van der Waals surface area contributed by atoms with Crippen molar-refractivity contribution in [3.05, 3.63) is 76.2 Å². The summed E-state index contributed by atoms with van der Waals surface area (Å²) in [5.74, 6) is -0.955. The van der Waals surface area contributed by atoms with Crippen LogP contribution in [0, 0.1) is 12.7 Å². The lowest BCUT2D eigenvalue weighted by Gasteiger charge is -2.19. The number of hydrogen-bond donors (Lipinski definition) is 1. The highest BCUT2D eigenvalue weighted by molar-refractivity contribution is 7.93. The Hall–Kier alpha value is -2.71. The van der Waals surface area contributed by atoms with Crippen LogP contribution < -0.4 is 9.62 Å². The smallest absolute Gasteiger partial charge is 0.267 e. The molecule has 27 heavy (non-hydrogen) atoms. The maximum Gasteiger partial charge on any atom is 0.267 e. The third-order valence-corrected chi connectivity index (χ3v) is 6.93. The number of halogens is 1. The molecule has 1 N–H and O–H groups in total. The molecule has 0 atom stereocenters. The fourth-order valence-electron chi connectivity index (χ4n) is 2.50. The second kappa shape index (κ2) is 7.50. The van der Waals surface area contributed by atoms with Gasteiger partial charge in [0.05, 0.1) is 5.69 Å². The van der Waals surface area contributed by atoms with E-state index >= 15 is 0 Å². The second-order valence-electron chi connectivity index (χ2n) is 5.83. The lowest BCUT2D eigenvalue weighted by molar-refractivity contribution is 0.102. The molecule has 3 aromatic rings. The van der Waals surface area contributed by atoms with Crippen molar-refractivity contribution < 1.29 is 17.6 Å². The third-order valence-electron chi connectivity index (χ3n) is 4.06. The molecule has 0 unspecified atom stereocenters. The fraction of sp³-hybridized carbons (Fsp3) is 0.105. The minimum Gasteiger partial charge on any atom is -0.321 e. The monoisotopic (exact) mass is 404 g/mol. The van der Waals surface area contributed by atoms with Crippen LogP contribution in [0.1, 0.15) is 15.2 Å². The molecule has 1 aromatic heterocycles. The first-order valence-electron chi connectivity index (χ1n) is 7.99. The molecular weight excluding hydrogens is 387 g/mol. The van der Waals surface area contributed by atoms with Crippen molar-refractivity contribution in [3.8, 4) is 0 Å². The summed E-state index contributed by atoms with van der Waals surface area (Å²) >= 11 is 1.05. The first kappa shape index (κ1) is 19.1.